The first-order valence-electron chi connectivity index (χ1n) is 9.35. The number of hydrogen-bond acceptors (Lipinski definition) is 4. The van der Waals surface area contributed by atoms with Gasteiger partial charge in [-0.1, -0.05) is 28.1 Å². The highest BCUT2D eigenvalue weighted by molar-refractivity contribution is 9.10. The van der Waals surface area contributed by atoms with Gasteiger partial charge in [-0.15, -0.1) is 0 Å². The van der Waals surface area contributed by atoms with Gasteiger partial charge in [-0.05, 0) is 36.4 Å². The maximum atomic E-state index is 12.8. The standard InChI is InChI=1S/C22H18BrN3O2/c23-15-3-4-16-17(10-15)19-21(26-20(16)13-5-8-28-9-6-13)18(12-25-22(19)27)14-2-1-7-24-11-14/h1-4,7,10-13H,5-6,8-9H2,(H,25,27). The van der Waals surface area contributed by atoms with E-state index in [1.807, 2.05) is 24.3 Å². The van der Waals surface area contributed by atoms with Crippen LogP contribution in [-0.2, 0) is 4.74 Å². The number of fused-ring (bicyclic) bond motifs is 3. The zero-order chi connectivity index (χ0) is 19.1. The fourth-order valence-corrected chi connectivity index (χ4v) is 4.40. The summed E-state index contributed by atoms with van der Waals surface area (Å²) in [6.45, 7) is 1.49. The van der Waals surface area contributed by atoms with Crippen molar-refractivity contribution >= 4 is 37.6 Å². The van der Waals surface area contributed by atoms with E-state index in [9.17, 15) is 4.79 Å². The van der Waals surface area contributed by atoms with Gasteiger partial charge in [0.25, 0.3) is 5.56 Å². The van der Waals surface area contributed by atoms with Crippen LogP contribution in [0.4, 0.5) is 0 Å². The summed E-state index contributed by atoms with van der Waals surface area (Å²) in [6.07, 6.45) is 7.16. The molecule has 140 valence electrons. The molecule has 0 saturated carbocycles. The summed E-state index contributed by atoms with van der Waals surface area (Å²) >= 11 is 3.56. The summed E-state index contributed by atoms with van der Waals surface area (Å²) < 4.78 is 6.49. The summed E-state index contributed by atoms with van der Waals surface area (Å²) in [7, 11) is 0. The number of halogens is 1. The van der Waals surface area contributed by atoms with Crippen molar-refractivity contribution < 1.29 is 4.74 Å². The average molecular weight is 436 g/mol. The minimum Gasteiger partial charge on any atom is -0.381 e. The number of benzene rings is 1. The Morgan fingerprint density at radius 2 is 2.00 bits per heavy atom. The normalized spacial score (nSPS) is 15.3. The Labute approximate surface area is 169 Å². The summed E-state index contributed by atoms with van der Waals surface area (Å²) in [4.78, 5) is 25.0. The van der Waals surface area contributed by atoms with Crippen molar-refractivity contribution in [2.75, 3.05) is 13.2 Å². The lowest BCUT2D eigenvalue weighted by atomic mass is 9.90. The fraction of sp³-hybridized carbons (Fsp3) is 0.227. The van der Waals surface area contributed by atoms with E-state index < -0.39 is 0 Å². The molecule has 1 aliphatic heterocycles. The first kappa shape index (κ1) is 17.5. The first-order chi connectivity index (χ1) is 13.7. The smallest absolute Gasteiger partial charge is 0.258 e. The molecular weight excluding hydrogens is 418 g/mol. The van der Waals surface area contributed by atoms with Gasteiger partial charge in [0.15, 0.2) is 0 Å². The molecule has 1 aromatic carbocycles. The quantitative estimate of drug-likeness (QED) is 0.459. The minimum absolute atomic E-state index is 0.128. The van der Waals surface area contributed by atoms with Crippen LogP contribution in [0.2, 0.25) is 0 Å². The molecule has 1 fully saturated rings. The van der Waals surface area contributed by atoms with Crippen LogP contribution in [0.25, 0.3) is 32.8 Å². The Morgan fingerprint density at radius 3 is 2.79 bits per heavy atom. The number of aromatic nitrogens is 3. The second-order valence-corrected chi connectivity index (χ2v) is 7.99. The molecule has 4 heterocycles. The van der Waals surface area contributed by atoms with Gasteiger partial charge in [-0.25, -0.2) is 0 Å². The Balaban J connectivity index is 1.90. The maximum Gasteiger partial charge on any atom is 0.258 e. The third kappa shape index (κ3) is 2.93. The topological polar surface area (TPSA) is 67.9 Å². The zero-order valence-corrected chi connectivity index (χ0v) is 16.7. The van der Waals surface area contributed by atoms with E-state index in [-0.39, 0.29) is 5.56 Å². The second kappa shape index (κ2) is 7.11. The molecule has 3 aromatic heterocycles. The first-order valence-corrected chi connectivity index (χ1v) is 10.1. The molecule has 0 unspecified atom stereocenters. The van der Waals surface area contributed by atoms with Crippen LogP contribution < -0.4 is 5.56 Å². The van der Waals surface area contributed by atoms with E-state index in [0.717, 1.165) is 63.6 Å². The Bertz CT molecular complexity index is 1230. The second-order valence-electron chi connectivity index (χ2n) is 7.07. The van der Waals surface area contributed by atoms with Crippen LogP contribution in [0.5, 0.6) is 0 Å². The lowest BCUT2D eigenvalue weighted by Crippen LogP contribution is -2.17. The number of rotatable bonds is 2. The van der Waals surface area contributed by atoms with Gasteiger partial charge in [0.2, 0.25) is 0 Å². The van der Waals surface area contributed by atoms with Crippen molar-refractivity contribution in [3.63, 3.8) is 0 Å². The predicted molar refractivity (Wildman–Crippen MR) is 114 cm³/mol. The molecule has 6 heteroatoms. The molecule has 0 radical (unpaired) electrons. The van der Waals surface area contributed by atoms with Crippen LogP contribution in [0.3, 0.4) is 0 Å². The molecule has 0 atom stereocenters. The molecule has 0 bridgehead atoms. The van der Waals surface area contributed by atoms with Gasteiger partial charge in [0, 0.05) is 58.7 Å². The number of aromatic amines is 1. The van der Waals surface area contributed by atoms with Gasteiger partial charge in [-0.3, -0.25) is 14.8 Å². The largest absolute Gasteiger partial charge is 0.381 e. The molecule has 0 spiro atoms. The molecule has 1 aliphatic rings. The lowest BCUT2D eigenvalue weighted by Gasteiger charge is -2.23. The third-order valence-electron chi connectivity index (χ3n) is 5.41. The van der Waals surface area contributed by atoms with Gasteiger partial charge in [0.05, 0.1) is 16.6 Å². The molecule has 1 N–H and O–H groups in total. The zero-order valence-electron chi connectivity index (χ0n) is 15.1. The summed E-state index contributed by atoms with van der Waals surface area (Å²) in [5, 5.41) is 2.58. The van der Waals surface area contributed by atoms with Crippen molar-refractivity contribution in [3.8, 4) is 11.1 Å². The van der Waals surface area contributed by atoms with Crippen LogP contribution in [0.15, 0.2) is 58.2 Å². The Morgan fingerprint density at radius 1 is 1.14 bits per heavy atom. The van der Waals surface area contributed by atoms with Crippen LogP contribution in [0.1, 0.15) is 24.5 Å². The van der Waals surface area contributed by atoms with Crippen molar-refractivity contribution in [2.24, 2.45) is 0 Å². The molecule has 5 nitrogen and oxygen atoms in total. The number of pyridine rings is 3. The molecule has 5 rings (SSSR count). The van der Waals surface area contributed by atoms with Gasteiger partial charge in [0.1, 0.15) is 0 Å². The SMILES string of the molecule is O=c1[nH]cc(-c2cccnc2)c2nc(C3CCOCC3)c3ccc(Br)cc3c12. The summed E-state index contributed by atoms with van der Waals surface area (Å²) in [5.74, 6) is 0.322. The van der Waals surface area contributed by atoms with E-state index in [4.69, 9.17) is 9.72 Å². The van der Waals surface area contributed by atoms with Crippen LogP contribution in [-0.4, -0.2) is 28.2 Å². The van der Waals surface area contributed by atoms with Gasteiger partial charge >= 0.3 is 0 Å². The average Bonchev–Trinajstić information content (AvgIpc) is 2.74. The lowest BCUT2D eigenvalue weighted by molar-refractivity contribution is 0.0849. The number of nitrogens with one attached hydrogen (secondary N) is 1. The third-order valence-corrected chi connectivity index (χ3v) is 5.90. The van der Waals surface area contributed by atoms with Crippen molar-refractivity contribution in [1.82, 2.24) is 15.0 Å². The van der Waals surface area contributed by atoms with E-state index >= 15 is 0 Å². The van der Waals surface area contributed by atoms with Crippen molar-refractivity contribution in [2.45, 2.75) is 18.8 Å². The van der Waals surface area contributed by atoms with E-state index in [0.29, 0.717) is 11.3 Å². The molecule has 0 aliphatic carbocycles. The Hall–Kier alpha value is -2.57. The van der Waals surface area contributed by atoms with Gasteiger partial charge < -0.3 is 9.72 Å². The highest BCUT2D eigenvalue weighted by atomic mass is 79.9. The molecule has 4 aromatic rings. The number of hydrogen-bond donors (Lipinski definition) is 1. The fourth-order valence-electron chi connectivity index (χ4n) is 4.04. The summed E-state index contributed by atoms with van der Waals surface area (Å²) in [5.41, 5.74) is 3.47. The Kier molecular flexibility index (Phi) is 4.45. The molecule has 28 heavy (non-hydrogen) atoms. The number of ether oxygens (including phenoxy) is 1. The maximum absolute atomic E-state index is 12.8. The molecule has 1 saturated heterocycles. The van der Waals surface area contributed by atoms with Gasteiger partial charge in [-0.2, -0.15) is 0 Å². The molecule has 0 amide bonds. The van der Waals surface area contributed by atoms with E-state index in [2.05, 4.69) is 32.0 Å². The van der Waals surface area contributed by atoms with E-state index in [1.165, 1.54) is 0 Å². The number of H-pyrrole nitrogens is 1. The predicted octanol–water partition coefficient (Wildman–Crippen LogP) is 4.79. The number of nitrogens with zero attached hydrogens (tertiary/aromatic N) is 2. The molecular formula is C22H18BrN3O2. The summed E-state index contributed by atoms with van der Waals surface area (Å²) in [6, 6.07) is 9.97. The van der Waals surface area contributed by atoms with Crippen LogP contribution in [0, 0.1) is 0 Å². The van der Waals surface area contributed by atoms with Crippen molar-refractivity contribution in [3.05, 3.63) is 69.4 Å². The van der Waals surface area contributed by atoms with E-state index in [1.54, 1.807) is 18.6 Å². The minimum atomic E-state index is -0.128. The van der Waals surface area contributed by atoms with Crippen molar-refractivity contribution in [1.29, 1.82) is 0 Å². The monoisotopic (exact) mass is 435 g/mol. The highest BCUT2D eigenvalue weighted by Crippen LogP contribution is 2.37. The highest BCUT2D eigenvalue weighted by Gasteiger charge is 2.23. The van der Waals surface area contributed by atoms with Crippen LogP contribution >= 0.6 is 15.9 Å².